The summed E-state index contributed by atoms with van der Waals surface area (Å²) in [5, 5.41) is 13.1. The number of guanidine groups is 1. The van der Waals surface area contributed by atoms with E-state index < -0.39 is 12.1 Å². The average molecular weight is 341 g/mol. The second-order valence-electron chi connectivity index (χ2n) is 5.96. The van der Waals surface area contributed by atoms with Crippen molar-refractivity contribution in [3.63, 3.8) is 0 Å². The van der Waals surface area contributed by atoms with Gasteiger partial charge in [0.15, 0.2) is 0 Å². The quantitative estimate of drug-likeness (QED) is 0.584. The number of carboxylic acid groups (broad SMARTS) is 1. The van der Waals surface area contributed by atoms with Crippen LogP contribution in [-0.2, 0) is 14.3 Å². The van der Waals surface area contributed by atoms with E-state index in [0.717, 1.165) is 51.4 Å². The van der Waals surface area contributed by atoms with Crippen LogP contribution in [0.5, 0.6) is 0 Å². The molecule has 1 heterocycles. The Labute approximate surface area is 142 Å². The van der Waals surface area contributed by atoms with Gasteiger partial charge in [-0.2, -0.15) is 0 Å². The van der Waals surface area contributed by atoms with Crippen molar-refractivity contribution in [3.8, 4) is 0 Å². The molecule has 0 saturated heterocycles. The lowest BCUT2D eigenvalue weighted by atomic mass is 10.1. The number of esters is 1. The molecular weight excluding hydrogens is 314 g/mol. The minimum Gasteiger partial charge on any atom is -0.465 e. The van der Waals surface area contributed by atoms with Gasteiger partial charge < -0.3 is 9.84 Å². The lowest BCUT2D eigenvalue weighted by Gasteiger charge is -2.12. The molecule has 1 rings (SSSR count). The number of hydrogen-bond donors (Lipinski definition) is 3. The third-order valence-corrected chi connectivity index (χ3v) is 3.70. The zero-order valence-corrected chi connectivity index (χ0v) is 14.2. The first-order chi connectivity index (χ1) is 11.5. The second kappa shape index (κ2) is 11.4. The van der Waals surface area contributed by atoms with E-state index in [4.69, 9.17) is 9.84 Å². The number of cyclic esters (lactones) is 1. The normalized spacial score (nSPS) is 22.5. The van der Waals surface area contributed by atoms with Gasteiger partial charge in [-0.1, -0.05) is 32.1 Å². The van der Waals surface area contributed by atoms with Crippen molar-refractivity contribution >= 4 is 23.9 Å². The summed E-state index contributed by atoms with van der Waals surface area (Å²) in [5.74, 6) is -1.12. The predicted molar refractivity (Wildman–Crippen MR) is 88.7 cm³/mol. The van der Waals surface area contributed by atoms with Crippen molar-refractivity contribution < 1.29 is 24.2 Å². The van der Waals surface area contributed by atoms with Gasteiger partial charge in [0.25, 0.3) is 0 Å². The number of hydrogen-bond acceptors (Lipinski definition) is 5. The molecule has 0 aliphatic carbocycles. The average Bonchev–Trinajstić information content (AvgIpc) is 2.49. The van der Waals surface area contributed by atoms with E-state index in [2.05, 4.69) is 10.3 Å². The Morgan fingerprint density at radius 3 is 2.46 bits per heavy atom. The van der Waals surface area contributed by atoms with E-state index in [0.29, 0.717) is 6.42 Å². The molecule has 3 N–H and O–H groups in total. The van der Waals surface area contributed by atoms with Gasteiger partial charge >= 0.3 is 12.1 Å². The summed E-state index contributed by atoms with van der Waals surface area (Å²) >= 11 is 0. The summed E-state index contributed by atoms with van der Waals surface area (Å²) in [4.78, 5) is 38.1. The number of nitrogens with one attached hydrogen (secondary N) is 2. The van der Waals surface area contributed by atoms with Crippen LogP contribution in [0.15, 0.2) is 4.99 Å². The maximum absolute atomic E-state index is 11.8. The topological polar surface area (TPSA) is 117 Å². The highest BCUT2D eigenvalue weighted by atomic mass is 16.5. The van der Waals surface area contributed by atoms with Crippen LogP contribution >= 0.6 is 0 Å². The fraction of sp³-hybridized carbons (Fsp3) is 0.750. The van der Waals surface area contributed by atoms with E-state index >= 15 is 0 Å². The number of nitrogens with zero attached hydrogens (tertiary/aromatic N) is 1. The van der Waals surface area contributed by atoms with Crippen LogP contribution in [0.1, 0.15) is 64.7 Å². The molecule has 1 aliphatic heterocycles. The first kappa shape index (κ1) is 19.9. The summed E-state index contributed by atoms with van der Waals surface area (Å²) in [7, 11) is 0. The van der Waals surface area contributed by atoms with E-state index in [1.165, 1.54) is 0 Å². The first-order valence-electron chi connectivity index (χ1n) is 8.51. The molecule has 24 heavy (non-hydrogen) atoms. The van der Waals surface area contributed by atoms with Gasteiger partial charge in [-0.15, -0.1) is 0 Å². The molecule has 0 aromatic carbocycles. The highest BCUT2D eigenvalue weighted by Crippen LogP contribution is 2.12. The minimum absolute atomic E-state index is 0.200. The third kappa shape index (κ3) is 9.81. The Balaban J connectivity index is 2.66. The molecule has 2 amide bonds. The zero-order valence-electron chi connectivity index (χ0n) is 14.2. The Morgan fingerprint density at radius 1 is 1.17 bits per heavy atom. The standard InChI is InChI=1S/C16H27N3O5/c1-12-9-7-5-3-2-4-6-8-10-13(20)18-15(19-16(22)23)17-11-14(21)24-12/h12H,2-11H2,1H3,(H,22,23)(H2,17,18,19,20). The summed E-state index contributed by atoms with van der Waals surface area (Å²) in [6.07, 6.45) is 6.69. The van der Waals surface area contributed by atoms with E-state index in [1.807, 2.05) is 12.2 Å². The van der Waals surface area contributed by atoms with Gasteiger partial charge in [0.05, 0.1) is 6.10 Å². The SMILES string of the molecule is CC1CCCCCCCCCC(=O)NC(NC(=O)O)=NCC(=O)O1. The van der Waals surface area contributed by atoms with Gasteiger partial charge in [0, 0.05) is 6.42 Å². The lowest BCUT2D eigenvalue weighted by molar-refractivity contribution is -0.146. The van der Waals surface area contributed by atoms with Crippen molar-refractivity contribution in [2.45, 2.75) is 70.8 Å². The van der Waals surface area contributed by atoms with Crippen LogP contribution in [0, 0.1) is 0 Å². The van der Waals surface area contributed by atoms with Crippen LogP contribution in [-0.4, -0.2) is 41.7 Å². The Bertz CT molecular complexity index is 465. The maximum Gasteiger partial charge on any atom is 0.411 e. The molecule has 1 unspecified atom stereocenters. The smallest absolute Gasteiger partial charge is 0.411 e. The highest BCUT2D eigenvalue weighted by Gasteiger charge is 2.12. The maximum atomic E-state index is 11.8. The zero-order chi connectivity index (χ0) is 17.8. The van der Waals surface area contributed by atoms with Gasteiger partial charge in [-0.25, -0.2) is 9.79 Å². The van der Waals surface area contributed by atoms with Crippen molar-refractivity contribution in [2.75, 3.05) is 6.54 Å². The minimum atomic E-state index is -1.36. The number of carbonyl (C=O) groups is 3. The summed E-state index contributed by atoms with van der Waals surface area (Å²) < 4.78 is 5.22. The molecule has 0 fully saturated rings. The number of rotatable bonds is 0. The first-order valence-corrected chi connectivity index (χ1v) is 8.51. The van der Waals surface area contributed by atoms with Crippen molar-refractivity contribution in [3.05, 3.63) is 0 Å². The van der Waals surface area contributed by atoms with E-state index in [-0.39, 0.29) is 24.5 Å². The summed E-state index contributed by atoms with van der Waals surface area (Å²) in [5.41, 5.74) is 0. The summed E-state index contributed by atoms with van der Waals surface area (Å²) in [6.45, 7) is 1.48. The Morgan fingerprint density at radius 2 is 1.79 bits per heavy atom. The fourth-order valence-electron chi connectivity index (χ4n) is 2.47. The molecular formula is C16H27N3O5. The van der Waals surface area contributed by atoms with E-state index in [1.54, 1.807) is 0 Å². The molecule has 0 spiro atoms. The molecule has 0 radical (unpaired) electrons. The molecule has 1 atom stereocenters. The van der Waals surface area contributed by atoms with Crippen molar-refractivity contribution in [1.29, 1.82) is 0 Å². The Hall–Kier alpha value is -2.12. The fourth-order valence-corrected chi connectivity index (χ4v) is 2.47. The van der Waals surface area contributed by atoms with Gasteiger partial charge in [-0.05, 0) is 26.2 Å². The number of amides is 2. The molecule has 8 heteroatoms. The molecule has 0 aromatic rings. The van der Waals surface area contributed by atoms with Crippen LogP contribution in [0.4, 0.5) is 4.79 Å². The van der Waals surface area contributed by atoms with Crippen LogP contribution < -0.4 is 10.6 Å². The van der Waals surface area contributed by atoms with Crippen molar-refractivity contribution in [1.82, 2.24) is 10.6 Å². The monoisotopic (exact) mass is 341 g/mol. The molecule has 0 saturated carbocycles. The molecule has 8 nitrogen and oxygen atoms in total. The number of carbonyl (C=O) groups excluding carboxylic acids is 2. The molecule has 0 aromatic heterocycles. The largest absolute Gasteiger partial charge is 0.465 e. The third-order valence-electron chi connectivity index (χ3n) is 3.70. The molecule has 0 bridgehead atoms. The lowest BCUT2D eigenvalue weighted by Crippen LogP contribution is -2.43. The number of aliphatic imine (C=N–C) groups is 1. The highest BCUT2D eigenvalue weighted by molar-refractivity contribution is 6.03. The van der Waals surface area contributed by atoms with Gasteiger partial charge in [0.1, 0.15) is 6.54 Å². The number of ether oxygens (including phenoxy) is 1. The Kier molecular flexibility index (Phi) is 9.48. The molecule has 136 valence electrons. The van der Waals surface area contributed by atoms with Crippen molar-refractivity contribution in [2.24, 2.45) is 4.99 Å². The summed E-state index contributed by atoms with van der Waals surface area (Å²) in [6, 6.07) is 0. The van der Waals surface area contributed by atoms with Gasteiger partial charge in [-0.3, -0.25) is 20.2 Å². The van der Waals surface area contributed by atoms with E-state index in [9.17, 15) is 14.4 Å². The van der Waals surface area contributed by atoms with Crippen LogP contribution in [0.25, 0.3) is 0 Å². The van der Waals surface area contributed by atoms with Gasteiger partial charge in [0.2, 0.25) is 11.9 Å². The second-order valence-corrected chi connectivity index (χ2v) is 5.96. The predicted octanol–water partition coefficient (Wildman–Crippen LogP) is 2.18. The van der Waals surface area contributed by atoms with Crippen LogP contribution in [0.3, 0.4) is 0 Å². The van der Waals surface area contributed by atoms with Crippen LogP contribution in [0.2, 0.25) is 0 Å². The molecule has 1 aliphatic rings.